The average molecular weight is 392 g/mol. The van der Waals surface area contributed by atoms with Crippen molar-refractivity contribution in [2.24, 2.45) is 5.92 Å². The van der Waals surface area contributed by atoms with Gasteiger partial charge in [0.1, 0.15) is 5.75 Å². The fourth-order valence-electron chi connectivity index (χ4n) is 3.81. The van der Waals surface area contributed by atoms with E-state index in [4.69, 9.17) is 4.74 Å². The molecule has 5 heteroatoms. The highest BCUT2D eigenvalue weighted by molar-refractivity contribution is 5.83. The van der Waals surface area contributed by atoms with Gasteiger partial charge in [0.15, 0.2) is 6.10 Å². The Morgan fingerprint density at radius 3 is 2.38 bits per heavy atom. The molecule has 4 rings (SSSR count). The van der Waals surface area contributed by atoms with E-state index in [1.165, 1.54) is 0 Å². The predicted octanol–water partition coefficient (Wildman–Crippen LogP) is 3.64. The zero-order valence-electron chi connectivity index (χ0n) is 16.8. The van der Waals surface area contributed by atoms with Gasteiger partial charge in [-0.3, -0.25) is 9.59 Å². The van der Waals surface area contributed by atoms with Crippen molar-refractivity contribution in [2.45, 2.75) is 44.8 Å². The van der Waals surface area contributed by atoms with Crippen LogP contribution in [0, 0.1) is 5.92 Å². The highest BCUT2D eigenvalue weighted by Gasteiger charge is 2.33. The number of piperidine rings is 1. The highest BCUT2D eigenvalue weighted by atomic mass is 16.5. The van der Waals surface area contributed by atoms with E-state index in [9.17, 15) is 9.59 Å². The van der Waals surface area contributed by atoms with Gasteiger partial charge < -0.3 is 15.0 Å². The van der Waals surface area contributed by atoms with Crippen LogP contribution >= 0.6 is 0 Å². The van der Waals surface area contributed by atoms with Gasteiger partial charge >= 0.3 is 0 Å². The molecule has 2 aromatic carbocycles. The van der Waals surface area contributed by atoms with Crippen molar-refractivity contribution >= 4 is 11.8 Å². The number of carbonyl (C=O) groups is 2. The molecular weight excluding hydrogens is 364 g/mol. The number of nitrogens with one attached hydrogen (secondary N) is 1. The lowest BCUT2D eigenvalue weighted by Crippen LogP contribution is -2.49. The van der Waals surface area contributed by atoms with Gasteiger partial charge in [-0.15, -0.1) is 0 Å². The van der Waals surface area contributed by atoms with Crippen LogP contribution in [-0.4, -0.2) is 41.9 Å². The number of rotatable bonds is 6. The number of hydrogen-bond donors (Lipinski definition) is 1. The summed E-state index contributed by atoms with van der Waals surface area (Å²) < 4.78 is 5.90. The van der Waals surface area contributed by atoms with Crippen molar-refractivity contribution in [3.05, 3.63) is 54.6 Å². The van der Waals surface area contributed by atoms with Crippen LogP contribution in [0.3, 0.4) is 0 Å². The minimum absolute atomic E-state index is 0.0546. The number of amides is 2. The highest BCUT2D eigenvalue weighted by Crippen LogP contribution is 2.25. The van der Waals surface area contributed by atoms with Gasteiger partial charge in [0.25, 0.3) is 5.91 Å². The molecule has 0 radical (unpaired) electrons. The van der Waals surface area contributed by atoms with Crippen LogP contribution in [-0.2, 0) is 9.59 Å². The van der Waals surface area contributed by atoms with Gasteiger partial charge in [0, 0.05) is 19.1 Å². The molecule has 2 aromatic rings. The zero-order valence-corrected chi connectivity index (χ0v) is 16.8. The van der Waals surface area contributed by atoms with Gasteiger partial charge in [-0.2, -0.15) is 0 Å². The van der Waals surface area contributed by atoms with Crippen molar-refractivity contribution in [1.29, 1.82) is 0 Å². The molecule has 1 saturated heterocycles. The topological polar surface area (TPSA) is 58.6 Å². The molecule has 1 aliphatic carbocycles. The fourth-order valence-corrected chi connectivity index (χ4v) is 3.81. The van der Waals surface area contributed by atoms with E-state index < -0.39 is 6.10 Å². The van der Waals surface area contributed by atoms with Gasteiger partial charge in [-0.1, -0.05) is 42.5 Å². The summed E-state index contributed by atoms with van der Waals surface area (Å²) in [7, 11) is 0. The molecule has 2 fully saturated rings. The van der Waals surface area contributed by atoms with E-state index in [0.29, 0.717) is 24.9 Å². The zero-order chi connectivity index (χ0) is 20.2. The molecule has 152 valence electrons. The quantitative estimate of drug-likeness (QED) is 0.817. The molecule has 1 aliphatic heterocycles. The van der Waals surface area contributed by atoms with Crippen molar-refractivity contribution in [3.63, 3.8) is 0 Å². The van der Waals surface area contributed by atoms with Crippen molar-refractivity contribution in [3.8, 4) is 16.9 Å². The Hall–Kier alpha value is -2.82. The maximum Gasteiger partial charge on any atom is 0.263 e. The fraction of sp³-hybridized carbons (Fsp3) is 0.417. The summed E-state index contributed by atoms with van der Waals surface area (Å²) in [6.07, 6.45) is 3.28. The standard InChI is InChI=1S/C24H28N2O3/c1-17(29-22-13-9-19(10-14-22)18-6-3-2-4-7-18)24(28)26-15-5-8-20(16-26)23(27)25-21-11-12-21/h2-4,6-7,9-10,13-14,17,20-21H,5,8,11-12,15-16H2,1H3,(H,25,27). The Kier molecular flexibility index (Phi) is 5.84. The van der Waals surface area contributed by atoms with E-state index in [-0.39, 0.29) is 17.7 Å². The summed E-state index contributed by atoms with van der Waals surface area (Å²) in [4.78, 5) is 27.0. The lowest BCUT2D eigenvalue weighted by Gasteiger charge is -2.33. The first kappa shape index (κ1) is 19.5. The molecule has 0 spiro atoms. The second-order valence-electron chi connectivity index (χ2n) is 8.06. The minimum atomic E-state index is -0.581. The smallest absolute Gasteiger partial charge is 0.263 e. The van der Waals surface area contributed by atoms with Crippen LogP contribution in [0.1, 0.15) is 32.6 Å². The monoisotopic (exact) mass is 392 g/mol. The van der Waals surface area contributed by atoms with E-state index >= 15 is 0 Å². The first-order valence-corrected chi connectivity index (χ1v) is 10.5. The number of nitrogens with zero attached hydrogens (tertiary/aromatic N) is 1. The number of likely N-dealkylation sites (tertiary alicyclic amines) is 1. The Labute approximate surface area is 172 Å². The Morgan fingerprint density at radius 2 is 1.69 bits per heavy atom. The lowest BCUT2D eigenvalue weighted by atomic mass is 9.96. The molecule has 1 N–H and O–H groups in total. The Balaban J connectivity index is 1.33. The van der Waals surface area contributed by atoms with Crippen molar-refractivity contribution in [2.75, 3.05) is 13.1 Å². The number of carbonyl (C=O) groups excluding carboxylic acids is 2. The SMILES string of the molecule is CC(Oc1ccc(-c2ccccc2)cc1)C(=O)N1CCCC(C(=O)NC2CC2)C1. The van der Waals surface area contributed by atoms with Crippen LogP contribution in [0.4, 0.5) is 0 Å². The van der Waals surface area contributed by atoms with Crippen LogP contribution in [0.2, 0.25) is 0 Å². The van der Waals surface area contributed by atoms with Crippen LogP contribution < -0.4 is 10.1 Å². The molecule has 0 bridgehead atoms. The second kappa shape index (κ2) is 8.68. The summed E-state index contributed by atoms with van der Waals surface area (Å²) in [5.41, 5.74) is 2.25. The number of ether oxygens (including phenoxy) is 1. The largest absolute Gasteiger partial charge is 0.481 e. The molecule has 2 unspecified atom stereocenters. The second-order valence-corrected chi connectivity index (χ2v) is 8.06. The summed E-state index contributed by atoms with van der Waals surface area (Å²) in [6.45, 7) is 2.95. The van der Waals surface area contributed by atoms with Crippen LogP contribution in [0.15, 0.2) is 54.6 Å². The third-order valence-corrected chi connectivity index (χ3v) is 5.65. The molecule has 2 amide bonds. The summed E-state index contributed by atoms with van der Waals surface area (Å²) >= 11 is 0. The Morgan fingerprint density at radius 1 is 1.00 bits per heavy atom. The summed E-state index contributed by atoms with van der Waals surface area (Å²) in [5.74, 6) is 0.604. The van der Waals surface area contributed by atoms with Gasteiger partial charge in [-0.05, 0) is 55.9 Å². The summed E-state index contributed by atoms with van der Waals surface area (Å²) in [6, 6.07) is 18.3. The number of benzene rings is 2. The van der Waals surface area contributed by atoms with Gasteiger partial charge in [0.05, 0.1) is 5.92 Å². The van der Waals surface area contributed by atoms with Gasteiger partial charge in [0.2, 0.25) is 5.91 Å². The molecule has 0 aromatic heterocycles. The first-order chi connectivity index (χ1) is 14.1. The lowest BCUT2D eigenvalue weighted by molar-refractivity contribution is -0.141. The van der Waals surface area contributed by atoms with Crippen LogP contribution in [0.5, 0.6) is 5.75 Å². The third-order valence-electron chi connectivity index (χ3n) is 5.65. The summed E-state index contributed by atoms with van der Waals surface area (Å²) in [5, 5.41) is 3.06. The van der Waals surface area contributed by atoms with Gasteiger partial charge in [-0.25, -0.2) is 0 Å². The number of hydrogen-bond acceptors (Lipinski definition) is 3. The molecule has 1 heterocycles. The molecule has 29 heavy (non-hydrogen) atoms. The normalized spacial score (nSPS) is 20.0. The molecule has 1 saturated carbocycles. The average Bonchev–Trinajstić information content (AvgIpc) is 3.58. The van der Waals surface area contributed by atoms with E-state index in [2.05, 4.69) is 17.4 Å². The molecule has 2 aliphatic rings. The molecule has 2 atom stereocenters. The third kappa shape index (κ3) is 4.97. The predicted molar refractivity (Wildman–Crippen MR) is 112 cm³/mol. The van der Waals surface area contributed by atoms with Crippen molar-refractivity contribution < 1.29 is 14.3 Å². The van der Waals surface area contributed by atoms with Crippen molar-refractivity contribution in [1.82, 2.24) is 10.2 Å². The van der Waals surface area contributed by atoms with E-state index in [1.807, 2.05) is 42.5 Å². The van der Waals surface area contributed by atoms with Crippen LogP contribution in [0.25, 0.3) is 11.1 Å². The minimum Gasteiger partial charge on any atom is -0.481 e. The maximum absolute atomic E-state index is 12.9. The van der Waals surface area contributed by atoms with E-state index in [1.54, 1.807) is 11.8 Å². The molecular formula is C24H28N2O3. The first-order valence-electron chi connectivity index (χ1n) is 10.5. The maximum atomic E-state index is 12.9. The Bertz CT molecular complexity index is 846. The molecule has 5 nitrogen and oxygen atoms in total. The van der Waals surface area contributed by atoms with E-state index in [0.717, 1.165) is 36.8 Å².